The molecule has 1 amide bonds. The summed E-state index contributed by atoms with van der Waals surface area (Å²) < 4.78 is 17.0. The normalized spacial score (nSPS) is 22.0. The average Bonchev–Trinajstić information content (AvgIpc) is 2.52. The van der Waals surface area contributed by atoms with Crippen molar-refractivity contribution in [3.63, 3.8) is 0 Å². The van der Waals surface area contributed by atoms with Crippen LogP contribution >= 0.6 is 0 Å². The van der Waals surface area contributed by atoms with E-state index in [4.69, 9.17) is 14.2 Å². The van der Waals surface area contributed by atoms with Crippen LogP contribution in [0, 0.1) is 0 Å². The number of nitrogens with zero attached hydrogens (tertiary/aromatic N) is 1. The number of ether oxygens (including phenoxy) is 3. The van der Waals surface area contributed by atoms with Gasteiger partial charge in [-0.25, -0.2) is 4.79 Å². The van der Waals surface area contributed by atoms with Crippen LogP contribution in [-0.4, -0.2) is 49.0 Å². The summed E-state index contributed by atoms with van der Waals surface area (Å²) in [6.45, 7) is 7.27. The van der Waals surface area contributed by atoms with Gasteiger partial charge in [0.1, 0.15) is 11.7 Å². The summed E-state index contributed by atoms with van der Waals surface area (Å²) in [6.07, 6.45) is 0.296. The van der Waals surface area contributed by atoms with Gasteiger partial charge >= 0.3 is 6.09 Å². The van der Waals surface area contributed by atoms with Gasteiger partial charge in [0.2, 0.25) is 0 Å². The Kier molecular flexibility index (Phi) is 6.02. The summed E-state index contributed by atoms with van der Waals surface area (Å²) in [5.74, 6) is 0. The van der Waals surface area contributed by atoms with Gasteiger partial charge in [-0.2, -0.15) is 0 Å². The van der Waals surface area contributed by atoms with Crippen molar-refractivity contribution in [1.29, 1.82) is 0 Å². The van der Waals surface area contributed by atoms with Crippen LogP contribution in [0.2, 0.25) is 0 Å². The summed E-state index contributed by atoms with van der Waals surface area (Å²) in [5.41, 5.74) is 0.650. The molecule has 0 radical (unpaired) electrons. The van der Waals surface area contributed by atoms with Crippen molar-refractivity contribution in [3.8, 4) is 0 Å². The number of carbonyl (C=O) groups is 1. The molecule has 1 aromatic rings. The van der Waals surface area contributed by atoms with Crippen molar-refractivity contribution in [1.82, 2.24) is 4.90 Å². The molecule has 0 aliphatic carbocycles. The van der Waals surface area contributed by atoms with E-state index >= 15 is 0 Å². The second kappa shape index (κ2) is 7.79. The molecule has 1 fully saturated rings. The van der Waals surface area contributed by atoms with Crippen molar-refractivity contribution in [2.75, 3.05) is 20.2 Å². The number of carbonyl (C=O) groups excluding carboxylic acids is 1. The van der Waals surface area contributed by atoms with Gasteiger partial charge in [-0.1, -0.05) is 30.3 Å². The summed E-state index contributed by atoms with van der Waals surface area (Å²) in [7, 11) is 1.65. The number of benzene rings is 1. The third-order valence-corrected chi connectivity index (χ3v) is 3.76. The lowest BCUT2D eigenvalue weighted by molar-refractivity contribution is -0.100. The maximum atomic E-state index is 12.2. The van der Waals surface area contributed by atoms with Gasteiger partial charge in [0, 0.05) is 13.7 Å². The first-order chi connectivity index (χ1) is 10.9. The number of piperidine rings is 1. The molecule has 2 atom stereocenters. The number of likely N-dealkylation sites (tertiary alicyclic amines) is 1. The fraction of sp³-hybridized carbons (Fsp3) is 0.611. The molecule has 1 aliphatic rings. The Labute approximate surface area is 138 Å². The highest BCUT2D eigenvalue weighted by Crippen LogP contribution is 2.20. The molecule has 1 aliphatic heterocycles. The first-order valence-corrected chi connectivity index (χ1v) is 8.05. The molecule has 1 aromatic carbocycles. The minimum Gasteiger partial charge on any atom is -0.444 e. The number of rotatable bonds is 4. The van der Waals surface area contributed by atoms with E-state index in [0.29, 0.717) is 19.7 Å². The van der Waals surface area contributed by atoms with Gasteiger partial charge in [-0.05, 0) is 32.8 Å². The Morgan fingerprint density at radius 2 is 1.91 bits per heavy atom. The second-order valence-electron chi connectivity index (χ2n) is 6.82. The molecule has 23 heavy (non-hydrogen) atoms. The van der Waals surface area contributed by atoms with Crippen LogP contribution in [0.1, 0.15) is 32.8 Å². The maximum absolute atomic E-state index is 12.2. The average molecular weight is 321 g/mol. The van der Waals surface area contributed by atoms with E-state index in [9.17, 15) is 4.79 Å². The minimum absolute atomic E-state index is 0.0149. The predicted octanol–water partition coefficient (Wildman–Crippen LogP) is 3.23. The molecule has 0 saturated carbocycles. The molecule has 0 spiro atoms. The number of hydrogen-bond donors (Lipinski definition) is 0. The van der Waals surface area contributed by atoms with Crippen molar-refractivity contribution in [2.45, 2.75) is 51.6 Å². The third kappa shape index (κ3) is 5.52. The number of methoxy groups -OCH3 is 1. The highest BCUT2D eigenvalue weighted by molar-refractivity contribution is 5.68. The van der Waals surface area contributed by atoms with Crippen LogP contribution < -0.4 is 0 Å². The highest BCUT2D eigenvalue weighted by atomic mass is 16.6. The van der Waals surface area contributed by atoms with E-state index in [0.717, 1.165) is 12.0 Å². The Balaban J connectivity index is 1.87. The van der Waals surface area contributed by atoms with E-state index in [1.165, 1.54) is 0 Å². The molecule has 0 unspecified atom stereocenters. The molecule has 5 nitrogen and oxygen atoms in total. The van der Waals surface area contributed by atoms with Gasteiger partial charge < -0.3 is 19.1 Å². The monoisotopic (exact) mass is 321 g/mol. The largest absolute Gasteiger partial charge is 0.444 e. The molecule has 5 heteroatoms. The van der Waals surface area contributed by atoms with Crippen LogP contribution in [0.3, 0.4) is 0 Å². The number of hydrogen-bond acceptors (Lipinski definition) is 4. The molecular weight excluding hydrogens is 294 g/mol. The van der Waals surface area contributed by atoms with Gasteiger partial charge in [0.05, 0.1) is 19.3 Å². The van der Waals surface area contributed by atoms with E-state index in [1.54, 1.807) is 12.0 Å². The fourth-order valence-corrected chi connectivity index (χ4v) is 2.58. The highest BCUT2D eigenvalue weighted by Gasteiger charge is 2.34. The zero-order valence-electron chi connectivity index (χ0n) is 14.5. The summed E-state index contributed by atoms with van der Waals surface area (Å²) in [5, 5.41) is 0. The topological polar surface area (TPSA) is 48.0 Å². The van der Waals surface area contributed by atoms with Crippen molar-refractivity contribution >= 4 is 6.09 Å². The summed E-state index contributed by atoms with van der Waals surface area (Å²) in [4.78, 5) is 13.9. The maximum Gasteiger partial charge on any atom is 0.410 e. The van der Waals surface area contributed by atoms with Crippen LogP contribution in [0.4, 0.5) is 4.79 Å². The first-order valence-electron chi connectivity index (χ1n) is 8.05. The fourth-order valence-electron chi connectivity index (χ4n) is 2.58. The zero-order valence-corrected chi connectivity index (χ0v) is 14.5. The van der Waals surface area contributed by atoms with Crippen molar-refractivity contribution < 1.29 is 19.0 Å². The smallest absolute Gasteiger partial charge is 0.410 e. The zero-order chi connectivity index (χ0) is 16.9. The van der Waals surface area contributed by atoms with E-state index in [1.807, 2.05) is 51.1 Å². The molecule has 128 valence electrons. The quantitative estimate of drug-likeness (QED) is 0.854. The standard InChI is InChI=1S/C18H27NO4/c1-18(2,3)23-17(20)19-11-10-15(16(12-19)21-4)22-13-14-8-6-5-7-9-14/h5-9,15-16H,10-13H2,1-4H3/t15-,16-/m1/s1. The lowest BCUT2D eigenvalue weighted by Gasteiger charge is -2.38. The summed E-state index contributed by atoms with van der Waals surface area (Å²) >= 11 is 0. The lowest BCUT2D eigenvalue weighted by Crippen LogP contribution is -2.51. The summed E-state index contributed by atoms with van der Waals surface area (Å²) in [6, 6.07) is 10.1. The molecule has 0 bridgehead atoms. The first kappa shape index (κ1) is 17.8. The van der Waals surface area contributed by atoms with E-state index in [2.05, 4.69) is 0 Å². The molecular formula is C18H27NO4. The van der Waals surface area contributed by atoms with Gasteiger partial charge in [0.15, 0.2) is 0 Å². The van der Waals surface area contributed by atoms with Crippen LogP contribution in [0.15, 0.2) is 30.3 Å². The van der Waals surface area contributed by atoms with Crippen molar-refractivity contribution in [2.24, 2.45) is 0 Å². The molecule has 0 aromatic heterocycles. The van der Waals surface area contributed by atoms with E-state index in [-0.39, 0.29) is 18.3 Å². The van der Waals surface area contributed by atoms with Crippen LogP contribution in [0.25, 0.3) is 0 Å². The van der Waals surface area contributed by atoms with Crippen LogP contribution in [0.5, 0.6) is 0 Å². The molecule has 1 heterocycles. The van der Waals surface area contributed by atoms with Crippen molar-refractivity contribution in [3.05, 3.63) is 35.9 Å². The SMILES string of the molecule is CO[C@@H]1CN(C(=O)OC(C)(C)C)CC[C@H]1OCc1ccccc1. The molecule has 2 rings (SSSR count). The Morgan fingerprint density at radius 3 is 2.52 bits per heavy atom. The molecule has 0 N–H and O–H groups in total. The van der Waals surface area contributed by atoms with Gasteiger partial charge in [-0.3, -0.25) is 0 Å². The number of amides is 1. The Bertz CT molecular complexity index is 497. The Morgan fingerprint density at radius 1 is 1.22 bits per heavy atom. The van der Waals surface area contributed by atoms with Gasteiger partial charge in [0.25, 0.3) is 0 Å². The van der Waals surface area contributed by atoms with Crippen LogP contribution in [-0.2, 0) is 20.8 Å². The minimum atomic E-state index is -0.486. The predicted molar refractivity (Wildman–Crippen MR) is 88.2 cm³/mol. The lowest BCUT2D eigenvalue weighted by atomic mass is 10.0. The van der Waals surface area contributed by atoms with E-state index < -0.39 is 5.60 Å². The third-order valence-electron chi connectivity index (χ3n) is 3.76. The second-order valence-corrected chi connectivity index (χ2v) is 6.82. The Hall–Kier alpha value is -1.59. The molecule has 1 saturated heterocycles. The van der Waals surface area contributed by atoms with Gasteiger partial charge in [-0.15, -0.1) is 0 Å².